The van der Waals surface area contributed by atoms with Gasteiger partial charge in [0.15, 0.2) is 5.43 Å². The van der Waals surface area contributed by atoms with Gasteiger partial charge < -0.3 is 4.98 Å². The number of rotatable bonds is 3. The highest BCUT2D eigenvalue weighted by molar-refractivity contribution is 7.80. The van der Waals surface area contributed by atoms with E-state index in [0.717, 1.165) is 45.9 Å². The fourth-order valence-corrected chi connectivity index (χ4v) is 3.41. The molecule has 1 aromatic carbocycles. The van der Waals surface area contributed by atoms with Crippen molar-refractivity contribution in [3.05, 3.63) is 50.3 Å². The van der Waals surface area contributed by atoms with Crippen molar-refractivity contribution in [2.45, 2.75) is 57.8 Å². The van der Waals surface area contributed by atoms with Crippen LogP contribution in [0.3, 0.4) is 0 Å². The summed E-state index contributed by atoms with van der Waals surface area (Å²) in [5, 5.41) is 0.728. The van der Waals surface area contributed by atoms with Crippen molar-refractivity contribution in [2.24, 2.45) is 0 Å². The summed E-state index contributed by atoms with van der Waals surface area (Å²) in [6.07, 6.45) is 1.75. The number of H-pyrrole nitrogens is 1. The van der Waals surface area contributed by atoms with E-state index in [1.54, 1.807) is 6.07 Å². The molecule has 0 aliphatic rings. The lowest BCUT2D eigenvalue weighted by Gasteiger charge is -2.22. The van der Waals surface area contributed by atoms with Gasteiger partial charge in [-0.05, 0) is 36.0 Å². The van der Waals surface area contributed by atoms with Crippen molar-refractivity contribution >= 4 is 24.2 Å². The molecule has 0 aliphatic carbocycles. The second kappa shape index (κ2) is 6.74. The predicted molar refractivity (Wildman–Crippen MR) is 102 cm³/mol. The number of benzene rings is 1. The number of halogens is 1. The molecule has 0 atom stereocenters. The summed E-state index contributed by atoms with van der Waals surface area (Å²) in [7, 11) is 0. The van der Waals surface area contributed by atoms with E-state index in [4.69, 9.17) is 11.6 Å². The van der Waals surface area contributed by atoms with Crippen molar-refractivity contribution in [3.63, 3.8) is 0 Å². The predicted octanol–water partition coefficient (Wildman–Crippen LogP) is 5.54. The Morgan fingerprint density at radius 3 is 2.43 bits per heavy atom. The molecule has 0 saturated carbocycles. The lowest BCUT2D eigenvalue weighted by Crippen LogP contribution is -2.13. The molecule has 124 valence electrons. The number of hydrogen-bond donors (Lipinski definition) is 2. The van der Waals surface area contributed by atoms with Crippen molar-refractivity contribution < 1.29 is 0 Å². The molecule has 1 aromatic heterocycles. The summed E-state index contributed by atoms with van der Waals surface area (Å²) < 4.78 is 0. The fourth-order valence-electron chi connectivity index (χ4n) is 2.73. The van der Waals surface area contributed by atoms with Gasteiger partial charge in [0.25, 0.3) is 0 Å². The van der Waals surface area contributed by atoms with Crippen molar-refractivity contribution in [1.29, 1.82) is 0 Å². The molecule has 0 amide bonds. The Labute approximate surface area is 148 Å². The zero-order valence-electron chi connectivity index (χ0n) is 14.4. The molecule has 23 heavy (non-hydrogen) atoms. The molecule has 1 heterocycles. The van der Waals surface area contributed by atoms with Crippen molar-refractivity contribution in [1.82, 2.24) is 4.98 Å². The summed E-state index contributed by atoms with van der Waals surface area (Å²) >= 11 is 10.8. The third-order valence-electron chi connectivity index (χ3n) is 3.99. The van der Waals surface area contributed by atoms with Gasteiger partial charge in [0.1, 0.15) is 0 Å². The molecule has 0 spiro atoms. The van der Waals surface area contributed by atoms with E-state index >= 15 is 0 Å². The van der Waals surface area contributed by atoms with Crippen LogP contribution in [0.1, 0.15) is 50.9 Å². The van der Waals surface area contributed by atoms with Crippen LogP contribution in [0.2, 0.25) is 5.02 Å². The van der Waals surface area contributed by atoms with Gasteiger partial charge in [-0.15, -0.1) is 12.6 Å². The molecule has 0 saturated heterocycles. The topological polar surface area (TPSA) is 32.9 Å². The quantitative estimate of drug-likeness (QED) is 0.700. The van der Waals surface area contributed by atoms with E-state index in [1.165, 1.54) is 0 Å². The molecule has 2 rings (SSSR count). The first kappa shape index (κ1) is 18.2. The molecular formula is C19H24ClNOS. The maximum absolute atomic E-state index is 12.2. The van der Waals surface area contributed by atoms with Crippen LogP contribution in [0, 0.1) is 6.92 Å². The first-order valence-electron chi connectivity index (χ1n) is 7.91. The zero-order chi connectivity index (χ0) is 17.4. The first-order valence-corrected chi connectivity index (χ1v) is 8.73. The number of aryl methyl sites for hydroxylation is 2. The van der Waals surface area contributed by atoms with Gasteiger partial charge in [0, 0.05) is 28.0 Å². The molecule has 4 heteroatoms. The van der Waals surface area contributed by atoms with Crippen LogP contribution in [0.25, 0.3) is 11.3 Å². The van der Waals surface area contributed by atoms with Crippen LogP contribution in [-0.4, -0.2) is 4.98 Å². The number of aromatic amines is 1. The maximum Gasteiger partial charge on any atom is 0.195 e. The lowest BCUT2D eigenvalue weighted by atomic mass is 9.85. The smallest absolute Gasteiger partial charge is 0.195 e. The minimum atomic E-state index is -0.0547. The Bertz CT molecular complexity index is 787. The van der Waals surface area contributed by atoms with E-state index < -0.39 is 0 Å². The standard InChI is InChI=1S/C19H24ClNOS/c1-6-7-15-18(23)17(22)10-16(21-15)12-9-14(20)13(8-11(12)2)19(3,4)5/h8-10,23H,6-7H2,1-5H3,(H,21,22). The van der Waals surface area contributed by atoms with Gasteiger partial charge in [0.2, 0.25) is 0 Å². The van der Waals surface area contributed by atoms with Gasteiger partial charge in [0.05, 0.1) is 4.90 Å². The van der Waals surface area contributed by atoms with Crippen LogP contribution in [-0.2, 0) is 11.8 Å². The molecule has 0 unspecified atom stereocenters. The minimum Gasteiger partial charge on any atom is -0.357 e. The average Bonchev–Trinajstić information content (AvgIpc) is 2.44. The highest BCUT2D eigenvalue weighted by atomic mass is 35.5. The van der Waals surface area contributed by atoms with Gasteiger partial charge in [-0.2, -0.15) is 0 Å². The number of aromatic nitrogens is 1. The molecular weight excluding hydrogens is 326 g/mol. The second-order valence-corrected chi connectivity index (χ2v) is 7.88. The van der Waals surface area contributed by atoms with Crippen molar-refractivity contribution in [2.75, 3.05) is 0 Å². The Balaban J connectivity index is 2.64. The van der Waals surface area contributed by atoms with E-state index in [2.05, 4.69) is 51.4 Å². The Morgan fingerprint density at radius 1 is 1.22 bits per heavy atom. The molecule has 1 N–H and O–H groups in total. The number of pyridine rings is 1. The second-order valence-electron chi connectivity index (χ2n) is 7.02. The van der Waals surface area contributed by atoms with Gasteiger partial charge in [-0.1, -0.05) is 51.8 Å². The monoisotopic (exact) mass is 349 g/mol. The normalized spacial score (nSPS) is 11.8. The maximum atomic E-state index is 12.2. The summed E-state index contributed by atoms with van der Waals surface area (Å²) in [5.74, 6) is 0. The van der Waals surface area contributed by atoms with Gasteiger partial charge in [-0.25, -0.2) is 0 Å². The summed E-state index contributed by atoms with van der Waals surface area (Å²) in [6.45, 7) is 10.6. The first-order chi connectivity index (χ1) is 10.6. The third-order valence-corrected chi connectivity index (χ3v) is 4.80. The third kappa shape index (κ3) is 3.84. The van der Waals surface area contributed by atoms with E-state index in [-0.39, 0.29) is 10.8 Å². The van der Waals surface area contributed by atoms with Gasteiger partial charge in [-0.3, -0.25) is 4.79 Å². The largest absolute Gasteiger partial charge is 0.357 e. The number of hydrogen-bond acceptors (Lipinski definition) is 2. The van der Waals surface area contributed by atoms with Crippen LogP contribution < -0.4 is 5.43 Å². The highest BCUT2D eigenvalue weighted by Crippen LogP contribution is 2.35. The van der Waals surface area contributed by atoms with E-state index in [9.17, 15) is 4.79 Å². The molecule has 0 fully saturated rings. The molecule has 0 radical (unpaired) electrons. The van der Waals surface area contributed by atoms with Crippen LogP contribution in [0.15, 0.2) is 27.9 Å². The van der Waals surface area contributed by atoms with E-state index in [1.807, 2.05) is 13.0 Å². The Kier molecular flexibility index (Phi) is 5.32. The fraction of sp³-hybridized carbons (Fsp3) is 0.421. The molecule has 2 nitrogen and oxygen atoms in total. The summed E-state index contributed by atoms with van der Waals surface area (Å²) in [5.41, 5.74) is 4.79. The number of nitrogens with one attached hydrogen (secondary N) is 1. The Hall–Kier alpha value is -1.19. The van der Waals surface area contributed by atoms with Crippen LogP contribution in [0.4, 0.5) is 0 Å². The minimum absolute atomic E-state index is 0.0177. The number of thiol groups is 1. The SMILES string of the molecule is CCCc1[nH]c(-c2cc(Cl)c(C(C)(C)C)cc2C)cc(=O)c1S. The molecule has 2 aromatic rings. The lowest BCUT2D eigenvalue weighted by molar-refractivity contribution is 0.590. The summed E-state index contributed by atoms with van der Waals surface area (Å²) in [4.78, 5) is 16.1. The molecule has 0 bridgehead atoms. The van der Waals surface area contributed by atoms with Crippen molar-refractivity contribution in [3.8, 4) is 11.3 Å². The highest BCUT2D eigenvalue weighted by Gasteiger charge is 2.19. The summed E-state index contributed by atoms with van der Waals surface area (Å²) in [6, 6.07) is 5.68. The van der Waals surface area contributed by atoms with Gasteiger partial charge >= 0.3 is 0 Å². The van der Waals surface area contributed by atoms with Crippen LogP contribution in [0.5, 0.6) is 0 Å². The van der Waals surface area contributed by atoms with E-state index in [0.29, 0.717) is 4.90 Å². The zero-order valence-corrected chi connectivity index (χ0v) is 16.0. The Morgan fingerprint density at radius 2 is 1.87 bits per heavy atom. The molecule has 0 aliphatic heterocycles. The van der Waals surface area contributed by atoms with Crippen LogP contribution >= 0.6 is 24.2 Å². The average molecular weight is 350 g/mol.